The van der Waals surface area contributed by atoms with Gasteiger partial charge in [-0.2, -0.15) is 10.1 Å². The molecule has 0 saturated heterocycles. The number of nitrogens with zero attached hydrogens (tertiary/aromatic N) is 4. The van der Waals surface area contributed by atoms with Gasteiger partial charge in [0.1, 0.15) is 5.82 Å². The van der Waals surface area contributed by atoms with E-state index in [-0.39, 0.29) is 4.90 Å². The normalized spacial score (nSPS) is 12.9. The zero-order valence-electron chi connectivity index (χ0n) is 16.5. The van der Waals surface area contributed by atoms with Crippen LogP contribution in [0.1, 0.15) is 5.56 Å². The van der Waals surface area contributed by atoms with Crippen molar-refractivity contribution in [3.8, 4) is 0 Å². The summed E-state index contributed by atoms with van der Waals surface area (Å²) in [6, 6.07) is 14.1. The Morgan fingerprint density at radius 2 is 1.83 bits per heavy atom. The highest BCUT2D eigenvalue weighted by atomic mass is 32.2. The number of hydrazone groups is 1. The van der Waals surface area contributed by atoms with Crippen LogP contribution in [0.25, 0.3) is 0 Å². The van der Waals surface area contributed by atoms with Gasteiger partial charge in [-0.3, -0.25) is 5.43 Å². The Morgan fingerprint density at radius 1 is 1.03 bits per heavy atom. The van der Waals surface area contributed by atoms with Crippen molar-refractivity contribution in [2.24, 2.45) is 5.10 Å². The first-order valence-corrected chi connectivity index (χ1v) is 10.7. The summed E-state index contributed by atoms with van der Waals surface area (Å²) >= 11 is 0. The molecular formula is C20H21N7O2S. The molecule has 30 heavy (non-hydrogen) atoms. The van der Waals surface area contributed by atoms with Crippen LogP contribution in [-0.4, -0.2) is 43.0 Å². The molecule has 4 rings (SSSR count). The van der Waals surface area contributed by atoms with Crippen LogP contribution < -0.4 is 16.1 Å². The fourth-order valence-electron chi connectivity index (χ4n) is 2.96. The second kappa shape index (κ2) is 8.09. The molecule has 9 nitrogen and oxygen atoms in total. The molecule has 0 spiro atoms. The van der Waals surface area contributed by atoms with E-state index in [9.17, 15) is 8.42 Å². The van der Waals surface area contributed by atoms with Gasteiger partial charge >= 0.3 is 0 Å². The molecule has 0 aliphatic carbocycles. The molecule has 1 aliphatic heterocycles. The van der Waals surface area contributed by atoms with Gasteiger partial charge in [0.15, 0.2) is 0 Å². The van der Waals surface area contributed by atoms with Gasteiger partial charge in [-0.25, -0.2) is 17.7 Å². The van der Waals surface area contributed by atoms with Gasteiger partial charge in [0.25, 0.3) is 0 Å². The first-order chi connectivity index (χ1) is 14.4. The highest BCUT2D eigenvalue weighted by Crippen LogP contribution is 2.29. The van der Waals surface area contributed by atoms with E-state index in [1.165, 1.54) is 18.4 Å². The third-order valence-electron chi connectivity index (χ3n) is 4.56. The molecule has 154 valence electrons. The lowest BCUT2D eigenvalue weighted by Gasteiger charge is -2.17. The van der Waals surface area contributed by atoms with E-state index in [1.807, 2.05) is 24.4 Å². The number of fused-ring (bicyclic) bond motifs is 1. The molecule has 10 heteroatoms. The van der Waals surface area contributed by atoms with Crippen molar-refractivity contribution in [3.05, 3.63) is 60.3 Å². The van der Waals surface area contributed by atoms with E-state index in [1.54, 1.807) is 36.5 Å². The molecule has 0 radical (unpaired) electrons. The number of hydrogen-bond acceptors (Lipinski definition) is 8. The van der Waals surface area contributed by atoms with Crippen molar-refractivity contribution in [1.82, 2.24) is 14.3 Å². The maximum Gasteiger partial charge on any atom is 0.242 e. The SMILES string of the molecule is CN(C)S(=O)(=O)c1ccc(Nc2nccc(Nc3cccc4c3CC=NN4)n2)cc1. The second-order valence-corrected chi connectivity index (χ2v) is 8.94. The summed E-state index contributed by atoms with van der Waals surface area (Å²) in [5.41, 5.74) is 6.69. The smallest absolute Gasteiger partial charge is 0.242 e. The minimum absolute atomic E-state index is 0.223. The minimum atomic E-state index is -3.47. The summed E-state index contributed by atoms with van der Waals surface area (Å²) in [5, 5.41) is 10.5. The minimum Gasteiger partial charge on any atom is -0.340 e. The number of sulfonamides is 1. The Morgan fingerprint density at radius 3 is 2.60 bits per heavy atom. The molecule has 3 N–H and O–H groups in total. The molecule has 0 amide bonds. The van der Waals surface area contributed by atoms with Crippen molar-refractivity contribution in [1.29, 1.82) is 0 Å². The van der Waals surface area contributed by atoms with Gasteiger partial charge < -0.3 is 10.6 Å². The average molecular weight is 424 g/mol. The lowest BCUT2D eigenvalue weighted by atomic mass is 10.1. The van der Waals surface area contributed by atoms with Crippen LogP contribution in [-0.2, 0) is 16.4 Å². The molecule has 0 bridgehead atoms. The molecule has 1 aromatic heterocycles. The quantitative estimate of drug-likeness (QED) is 0.558. The van der Waals surface area contributed by atoms with Gasteiger partial charge in [-0.15, -0.1) is 0 Å². The Hall–Kier alpha value is -3.50. The number of benzene rings is 2. The number of aromatic nitrogens is 2. The average Bonchev–Trinajstić information content (AvgIpc) is 2.75. The van der Waals surface area contributed by atoms with Crippen molar-refractivity contribution >= 4 is 45.1 Å². The summed E-state index contributed by atoms with van der Waals surface area (Å²) in [5.74, 6) is 1.03. The molecule has 3 aromatic rings. The van der Waals surface area contributed by atoms with Crippen LogP contribution in [0, 0.1) is 0 Å². The third-order valence-corrected chi connectivity index (χ3v) is 6.38. The fraction of sp³-hybridized carbons (Fsp3) is 0.150. The number of nitrogens with one attached hydrogen (secondary N) is 3. The summed E-state index contributed by atoms with van der Waals surface area (Å²) < 4.78 is 25.5. The van der Waals surface area contributed by atoms with Crippen LogP contribution in [0.4, 0.5) is 28.8 Å². The van der Waals surface area contributed by atoms with Crippen LogP contribution in [0.5, 0.6) is 0 Å². The standard InChI is InChI=1S/C20H21N7O2S/c1-27(2)30(28,29)15-8-6-14(7-9-15)23-20-21-12-11-19(25-20)24-17-4-3-5-18-16(17)10-13-22-26-18/h3-9,11-13,26H,10H2,1-2H3,(H2,21,23,24,25). The Kier molecular flexibility index (Phi) is 5.34. The topological polar surface area (TPSA) is 112 Å². The molecule has 0 saturated carbocycles. The largest absolute Gasteiger partial charge is 0.340 e. The molecule has 0 atom stereocenters. The van der Waals surface area contributed by atoms with Crippen molar-refractivity contribution in [2.45, 2.75) is 11.3 Å². The van der Waals surface area contributed by atoms with Crippen LogP contribution in [0.3, 0.4) is 0 Å². The van der Waals surface area contributed by atoms with Gasteiger partial charge in [-0.1, -0.05) is 6.07 Å². The predicted octanol–water partition coefficient (Wildman–Crippen LogP) is 3.17. The highest BCUT2D eigenvalue weighted by Gasteiger charge is 2.16. The monoisotopic (exact) mass is 423 g/mol. The molecule has 1 aliphatic rings. The van der Waals surface area contributed by atoms with Gasteiger partial charge in [0, 0.05) is 49.9 Å². The van der Waals surface area contributed by atoms with E-state index in [2.05, 4.69) is 31.1 Å². The van der Waals surface area contributed by atoms with Gasteiger partial charge in [0.2, 0.25) is 16.0 Å². The Balaban J connectivity index is 1.51. The first-order valence-electron chi connectivity index (χ1n) is 9.22. The summed E-state index contributed by atoms with van der Waals surface area (Å²) in [4.78, 5) is 8.96. The van der Waals surface area contributed by atoms with E-state index in [4.69, 9.17) is 0 Å². The van der Waals surface area contributed by atoms with Crippen molar-refractivity contribution in [3.63, 3.8) is 0 Å². The zero-order valence-corrected chi connectivity index (χ0v) is 17.3. The maximum absolute atomic E-state index is 12.2. The third kappa shape index (κ3) is 4.09. The van der Waals surface area contributed by atoms with Crippen LogP contribution >= 0.6 is 0 Å². The second-order valence-electron chi connectivity index (χ2n) is 6.79. The summed E-state index contributed by atoms with van der Waals surface area (Å²) in [6.45, 7) is 0. The first kappa shape index (κ1) is 19.8. The Bertz CT molecular complexity index is 1190. The van der Waals surface area contributed by atoms with E-state index in [0.29, 0.717) is 17.5 Å². The molecule has 2 aromatic carbocycles. The highest BCUT2D eigenvalue weighted by molar-refractivity contribution is 7.89. The number of anilines is 5. The lowest BCUT2D eigenvalue weighted by molar-refractivity contribution is 0.521. The van der Waals surface area contributed by atoms with Crippen molar-refractivity contribution in [2.75, 3.05) is 30.2 Å². The summed E-state index contributed by atoms with van der Waals surface area (Å²) in [7, 11) is -0.464. The molecular weight excluding hydrogens is 402 g/mol. The number of hydrogen-bond donors (Lipinski definition) is 3. The van der Waals surface area contributed by atoms with Crippen molar-refractivity contribution < 1.29 is 8.42 Å². The zero-order chi connectivity index (χ0) is 21.1. The fourth-order valence-corrected chi connectivity index (χ4v) is 3.86. The van der Waals surface area contributed by atoms with Crippen LogP contribution in [0.2, 0.25) is 0 Å². The molecule has 2 heterocycles. The molecule has 0 fully saturated rings. The predicted molar refractivity (Wildman–Crippen MR) is 118 cm³/mol. The van der Waals surface area contributed by atoms with E-state index >= 15 is 0 Å². The lowest BCUT2D eigenvalue weighted by Crippen LogP contribution is -2.22. The Labute approximate surface area is 174 Å². The maximum atomic E-state index is 12.2. The van der Waals surface area contributed by atoms with E-state index < -0.39 is 10.0 Å². The number of rotatable bonds is 6. The van der Waals surface area contributed by atoms with Gasteiger partial charge in [-0.05, 0) is 42.5 Å². The van der Waals surface area contributed by atoms with E-state index in [0.717, 1.165) is 23.4 Å². The summed E-state index contributed by atoms with van der Waals surface area (Å²) in [6.07, 6.45) is 4.20. The molecule has 0 unspecified atom stereocenters. The van der Waals surface area contributed by atoms with Crippen LogP contribution in [0.15, 0.2) is 64.7 Å². The van der Waals surface area contributed by atoms with Gasteiger partial charge in [0.05, 0.1) is 10.6 Å².